The molecule has 0 aliphatic heterocycles. The standard InChI is InChI=1S/C12H15Br2NO2S/c13-9-5-7-10(8-6-9)18(16,17)15-12-4-2-1-3-11(12)14/h5-8,11-12,15H,1-4H2. The van der Waals surface area contributed by atoms with Gasteiger partial charge in [0.05, 0.1) is 4.90 Å². The van der Waals surface area contributed by atoms with Crippen molar-refractivity contribution in [3.8, 4) is 0 Å². The fraction of sp³-hybridized carbons (Fsp3) is 0.500. The van der Waals surface area contributed by atoms with Crippen LogP contribution >= 0.6 is 31.9 Å². The minimum atomic E-state index is -3.41. The van der Waals surface area contributed by atoms with E-state index in [0.717, 1.165) is 30.2 Å². The first-order valence-electron chi connectivity index (χ1n) is 5.91. The highest BCUT2D eigenvalue weighted by atomic mass is 79.9. The van der Waals surface area contributed by atoms with Crippen molar-refractivity contribution in [3.63, 3.8) is 0 Å². The average molecular weight is 397 g/mol. The lowest BCUT2D eigenvalue weighted by Crippen LogP contribution is -2.42. The van der Waals surface area contributed by atoms with Crippen molar-refractivity contribution >= 4 is 41.9 Å². The van der Waals surface area contributed by atoms with Gasteiger partial charge >= 0.3 is 0 Å². The molecule has 6 heteroatoms. The van der Waals surface area contributed by atoms with E-state index < -0.39 is 10.0 Å². The lowest BCUT2D eigenvalue weighted by atomic mass is 9.96. The van der Waals surface area contributed by atoms with Gasteiger partial charge in [-0.25, -0.2) is 13.1 Å². The molecule has 1 aliphatic rings. The van der Waals surface area contributed by atoms with Gasteiger partial charge in [-0.2, -0.15) is 0 Å². The number of rotatable bonds is 3. The molecule has 2 rings (SSSR count). The quantitative estimate of drug-likeness (QED) is 0.795. The van der Waals surface area contributed by atoms with Gasteiger partial charge in [0.2, 0.25) is 10.0 Å². The van der Waals surface area contributed by atoms with Crippen LogP contribution in [-0.4, -0.2) is 19.3 Å². The lowest BCUT2D eigenvalue weighted by molar-refractivity contribution is 0.427. The molecule has 0 amide bonds. The molecule has 2 atom stereocenters. The summed E-state index contributed by atoms with van der Waals surface area (Å²) in [5, 5.41) is 0. The van der Waals surface area contributed by atoms with Crippen molar-refractivity contribution in [3.05, 3.63) is 28.7 Å². The van der Waals surface area contributed by atoms with Gasteiger partial charge in [0.25, 0.3) is 0 Å². The second-order valence-corrected chi connectivity index (χ2v) is 8.29. The van der Waals surface area contributed by atoms with E-state index in [1.165, 1.54) is 0 Å². The summed E-state index contributed by atoms with van der Waals surface area (Å²) in [6.45, 7) is 0. The van der Waals surface area contributed by atoms with E-state index in [0.29, 0.717) is 4.90 Å². The molecule has 1 fully saturated rings. The Morgan fingerprint density at radius 1 is 1.11 bits per heavy atom. The maximum absolute atomic E-state index is 12.2. The third-order valence-electron chi connectivity index (χ3n) is 3.11. The Bertz CT molecular complexity index is 501. The monoisotopic (exact) mass is 395 g/mol. The van der Waals surface area contributed by atoms with Gasteiger partial charge in [0, 0.05) is 15.3 Å². The minimum Gasteiger partial charge on any atom is -0.207 e. The number of benzene rings is 1. The molecule has 1 aromatic carbocycles. The van der Waals surface area contributed by atoms with Crippen LogP contribution in [-0.2, 0) is 10.0 Å². The van der Waals surface area contributed by atoms with Gasteiger partial charge in [-0.05, 0) is 37.1 Å². The summed E-state index contributed by atoms with van der Waals surface area (Å²) in [7, 11) is -3.41. The molecule has 2 unspecified atom stereocenters. The predicted octanol–water partition coefficient (Wildman–Crippen LogP) is 3.43. The topological polar surface area (TPSA) is 46.2 Å². The number of nitrogens with one attached hydrogen (secondary N) is 1. The number of hydrogen-bond acceptors (Lipinski definition) is 2. The van der Waals surface area contributed by atoms with Crippen molar-refractivity contribution in [2.45, 2.75) is 41.4 Å². The fourth-order valence-electron chi connectivity index (χ4n) is 2.10. The first-order valence-corrected chi connectivity index (χ1v) is 9.10. The molecule has 1 N–H and O–H groups in total. The second-order valence-electron chi connectivity index (χ2n) is 4.48. The molecule has 3 nitrogen and oxygen atoms in total. The van der Waals surface area contributed by atoms with E-state index in [-0.39, 0.29) is 10.9 Å². The van der Waals surface area contributed by atoms with Gasteiger partial charge in [0.1, 0.15) is 0 Å². The molecule has 0 radical (unpaired) electrons. The van der Waals surface area contributed by atoms with Gasteiger partial charge in [-0.1, -0.05) is 44.7 Å². The Balaban J connectivity index is 2.13. The summed E-state index contributed by atoms with van der Waals surface area (Å²) < 4.78 is 28.1. The van der Waals surface area contributed by atoms with Crippen LogP contribution in [0.1, 0.15) is 25.7 Å². The molecule has 1 aliphatic carbocycles. The summed E-state index contributed by atoms with van der Waals surface area (Å²) in [5.41, 5.74) is 0. The van der Waals surface area contributed by atoms with Gasteiger partial charge in [-0.3, -0.25) is 0 Å². The van der Waals surface area contributed by atoms with Crippen LogP contribution in [0.4, 0.5) is 0 Å². The predicted molar refractivity (Wildman–Crippen MR) is 79.4 cm³/mol. The maximum Gasteiger partial charge on any atom is 0.240 e. The summed E-state index contributed by atoms with van der Waals surface area (Å²) in [6.07, 6.45) is 4.15. The van der Waals surface area contributed by atoms with Crippen molar-refractivity contribution in [1.29, 1.82) is 0 Å². The van der Waals surface area contributed by atoms with Crippen molar-refractivity contribution in [2.75, 3.05) is 0 Å². The van der Waals surface area contributed by atoms with E-state index in [9.17, 15) is 8.42 Å². The number of halogens is 2. The van der Waals surface area contributed by atoms with Crippen molar-refractivity contribution < 1.29 is 8.42 Å². The first-order chi connectivity index (χ1) is 8.49. The summed E-state index contributed by atoms with van der Waals surface area (Å²) in [4.78, 5) is 0.549. The van der Waals surface area contributed by atoms with Crippen LogP contribution in [0.2, 0.25) is 0 Å². The van der Waals surface area contributed by atoms with Crippen LogP contribution < -0.4 is 4.72 Å². The van der Waals surface area contributed by atoms with Crippen LogP contribution in [0.25, 0.3) is 0 Å². The van der Waals surface area contributed by atoms with E-state index >= 15 is 0 Å². The highest BCUT2D eigenvalue weighted by Crippen LogP contribution is 2.26. The average Bonchev–Trinajstić information content (AvgIpc) is 2.32. The van der Waals surface area contributed by atoms with Crippen molar-refractivity contribution in [2.24, 2.45) is 0 Å². The van der Waals surface area contributed by atoms with Gasteiger partial charge in [-0.15, -0.1) is 0 Å². The third-order valence-corrected chi connectivity index (χ3v) is 6.24. The Hall–Kier alpha value is 0.0900. The van der Waals surface area contributed by atoms with E-state index in [1.54, 1.807) is 24.3 Å². The Kier molecular flexibility index (Phi) is 4.86. The molecule has 1 aromatic rings. The van der Waals surface area contributed by atoms with Crippen LogP contribution in [0.5, 0.6) is 0 Å². The van der Waals surface area contributed by atoms with E-state index in [1.807, 2.05) is 0 Å². The molecule has 18 heavy (non-hydrogen) atoms. The molecular formula is C12H15Br2NO2S. The molecule has 0 bridgehead atoms. The zero-order chi connectivity index (χ0) is 13.2. The summed E-state index contributed by atoms with van der Waals surface area (Å²) in [5.74, 6) is 0. The first kappa shape index (κ1) is 14.5. The van der Waals surface area contributed by atoms with Crippen molar-refractivity contribution in [1.82, 2.24) is 4.72 Å². The van der Waals surface area contributed by atoms with Crippen LogP contribution in [0.3, 0.4) is 0 Å². The molecule has 1 saturated carbocycles. The molecule has 100 valence electrons. The largest absolute Gasteiger partial charge is 0.240 e. The Labute approximate surface area is 125 Å². The van der Waals surface area contributed by atoms with Crippen LogP contribution in [0.15, 0.2) is 33.6 Å². The van der Waals surface area contributed by atoms with Gasteiger partial charge < -0.3 is 0 Å². The molecule has 0 aromatic heterocycles. The van der Waals surface area contributed by atoms with Crippen LogP contribution in [0, 0.1) is 0 Å². The highest BCUT2D eigenvalue weighted by molar-refractivity contribution is 9.10. The fourth-order valence-corrected chi connectivity index (χ4v) is 4.57. The number of hydrogen-bond donors (Lipinski definition) is 1. The molecular weight excluding hydrogens is 382 g/mol. The Morgan fingerprint density at radius 3 is 2.33 bits per heavy atom. The highest BCUT2D eigenvalue weighted by Gasteiger charge is 2.27. The summed E-state index contributed by atoms with van der Waals surface area (Å²) in [6, 6.07) is 6.69. The summed E-state index contributed by atoms with van der Waals surface area (Å²) >= 11 is 6.85. The normalized spacial score (nSPS) is 25.0. The SMILES string of the molecule is O=S(=O)(NC1CCCCC1Br)c1ccc(Br)cc1. The maximum atomic E-state index is 12.2. The zero-order valence-corrected chi connectivity index (χ0v) is 13.8. The number of alkyl halides is 1. The second kappa shape index (κ2) is 6.03. The van der Waals surface area contributed by atoms with E-state index in [2.05, 4.69) is 36.6 Å². The zero-order valence-electron chi connectivity index (χ0n) is 9.77. The smallest absolute Gasteiger partial charge is 0.207 e. The number of sulfonamides is 1. The van der Waals surface area contributed by atoms with Gasteiger partial charge in [0.15, 0.2) is 0 Å². The lowest BCUT2D eigenvalue weighted by Gasteiger charge is -2.27. The molecule has 0 heterocycles. The minimum absolute atomic E-state index is 0.00704. The van der Waals surface area contributed by atoms with E-state index in [4.69, 9.17) is 0 Å². The molecule has 0 spiro atoms. The Morgan fingerprint density at radius 2 is 1.72 bits per heavy atom. The molecule has 0 saturated heterocycles. The third kappa shape index (κ3) is 3.56.